The number of carbonyl (C=O) groups is 2. The van der Waals surface area contributed by atoms with Crippen molar-refractivity contribution < 1.29 is 9.59 Å². The highest BCUT2D eigenvalue weighted by Crippen LogP contribution is 2.43. The number of para-hydroxylation sites is 2. The summed E-state index contributed by atoms with van der Waals surface area (Å²) in [5.41, 5.74) is 19.5. The summed E-state index contributed by atoms with van der Waals surface area (Å²) < 4.78 is 6.90. The summed E-state index contributed by atoms with van der Waals surface area (Å²) in [6.07, 6.45) is 0. The van der Waals surface area contributed by atoms with E-state index in [2.05, 4.69) is 238 Å². The van der Waals surface area contributed by atoms with Gasteiger partial charge in [-0.1, -0.05) is 158 Å². The molecule has 3 aromatic heterocycles. The molecule has 82 heavy (non-hydrogen) atoms. The largest absolute Gasteiger partial charge is 0.309 e. The predicted octanol–water partition coefficient (Wildman–Crippen LogP) is 18.3. The van der Waals surface area contributed by atoms with Gasteiger partial charge in [-0.3, -0.25) is 9.59 Å². The van der Waals surface area contributed by atoms with Gasteiger partial charge in [0.05, 0.1) is 55.5 Å². The third kappa shape index (κ3) is 7.22. The van der Waals surface area contributed by atoms with Crippen molar-refractivity contribution in [3.63, 3.8) is 0 Å². The summed E-state index contributed by atoms with van der Waals surface area (Å²) in [6, 6.07) is 97.2. The van der Waals surface area contributed by atoms with Crippen LogP contribution in [0.3, 0.4) is 0 Å². The predicted molar refractivity (Wildman–Crippen MR) is 334 cm³/mol. The van der Waals surface area contributed by atoms with Crippen LogP contribution in [0.15, 0.2) is 273 Å². The number of aromatic nitrogens is 3. The van der Waals surface area contributed by atoms with E-state index in [-0.39, 0.29) is 11.3 Å². The zero-order valence-electron chi connectivity index (χ0n) is 44.0. The Morgan fingerprint density at radius 3 is 1.00 bits per heavy atom. The molecule has 0 aliphatic carbocycles. The normalized spacial score (nSPS) is 12.4. The molecule has 12 aromatic carbocycles. The Labute approximate surface area is 471 Å². The van der Waals surface area contributed by atoms with E-state index in [0.717, 1.165) is 98.9 Å². The lowest BCUT2D eigenvalue weighted by molar-refractivity contribution is 0.0926. The highest BCUT2D eigenvalue weighted by atomic mass is 16.2. The van der Waals surface area contributed by atoms with Gasteiger partial charge >= 0.3 is 0 Å². The first kappa shape index (κ1) is 46.7. The molecule has 0 bridgehead atoms. The van der Waals surface area contributed by atoms with Gasteiger partial charge in [0.25, 0.3) is 11.8 Å². The van der Waals surface area contributed by atoms with Crippen LogP contribution in [-0.2, 0) is 0 Å². The van der Waals surface area contributed by atoms with Crippen LogP contribution in [0.4, 0.5) is 5.69 Å². The van der Waals surface area contributed by atoms with Crippen molar-refractivity contribution in [3.05, 3.63) is 290 Å². The van der Waals surface area contributed by atoms with E-state index in [4.69, 9.17) is 0 Å². The van der Waals surface area contributed by atoms with E-state index in [9.17, 15) is 14.9 Å². The summed E-state index contributed by atoms with van der Waals surface area (Å²) in [5, 5.41) is 17.5. The van der Waals surface area contributed by atoms with Gasteiger partial charge in [0, 0.05) is 49.4 Å². The number of benzene rings is 12. The lowest BCUT2D eigenvalue weighted by Gasteiger charge is -2.17. The first-order valence-electron chi connectivity index (χ1n) is 27.5. The molecule has 15 aromatic rings. The fraction of sp³-hybridized carbons (Fsp3) is 0. The van der Waals surface area contributed by atoms with Gasteiger partial charge in [0.15, 0.2) is 0 Å². The van der Waals surface area contributed by atoms with Gasteiger partial charge < -0.3 is 13.7 Å². The molecule has 0 fully saturated rings. The number of fused-ring (bicyclic) bond motifs is 10. The number of nitriles is 1. The standard InChI is InChI=1S/C75H45N5O2/c76-46-55-41-58(35-40-67(55)80-74(81)61-19-7-8-20-62(61)75(80)82)79-72-38-29-53(51-27-36-70-63(42-51)59-17-9-11-21-68(59)77(70)56-31-23-49(24-32-56)47-13-3-1-4-14-47)44-65(72)66-45-54(30-39-73(66)79)52-28-37-71-64(43-52)60-18-10-12-22-69(60)78(71)57-33-25-50(26-34-57)48-15-5-2-6-16-48/h1-45H. The number of rotatable bonds is 8. The van der Waals surface area contributed by atoms with E-state index < -0.39 is 11.8 Å². The molecule has 1 aliphatic heterocycles. The smallest absolute Gasteiger partial charge is 0.266 e. The number of amides is 2. The Hall–Kier alpha value is -11.3. The summed E-state index contributed by atoms with van der Waals surface area (Å²) in [7, 11) is 0. The number of hydrogen-bond donors (Lipinski definition) is 0. The van der Waals surface area contributed by atoms with Crippen molar-refractivity contribution in [2.24, 2.45) is 0 Å². The first-order valence-corrected chi connectivity index (χ1v) is 27.5. The molecule has 0 saturated carbocycles. The second-order valence-electron chi connectivity index (χ2n) is 21.1. The number of carbonyl (C=O) groups excluding carboxylic acids is 2. The summed E-state index contributed by atoms with van der Waals surface area (Å²) in [5.74, 6) is -0.885. The number of nitrogens with zero attached hydrogens (tertiary/aromatic N) is 5. The number of hydrogen-bond acceptors (Lipinski definition) is 3. The average Bonchev–Trinajstić information content (AvgIpc) is 3.60. The summed E-state index contributed by atoms with van der Waals surface area (Å²) >= 11 is 0. The molecule has 0 saturated heterocycles. The zero-order chi connectivity index (χ0) is 54.6. The van der Waals surface area contributed by atoms with Gasteiger partial charge in [0.1, 0.15) is 6.07 Å². The first-order chi connectivity index (χ1) is 40.5. The van der Waals surface area contributed by atoms with Gasteiger partial charge in [-0.2, -0.15) is 5.26 Å². The number of anilines is 1. The monoisotopic (exact) mass is 1050 g/mol. The second-order valence-corrected chi connectivity index (χ2v) is 21.1. The minimum Gasteiger partial charge on any atom is -0.309 e. The molecule has 0 unspecified atom stereocenters. The lowest BCUT2D eigenvalue weighted by atomic mass is 9.98. The van der Waals surface area contributed by atoms with Crippen molar-refractivity contribution in [3.8, 4) is 67.6 Å². The van der Waals surface area contributed by atoms with Crippen LogP contribution in [0.2, 0.25) is 0 Å². The van der Waals surface area contributed by atoms with Crippen LogP contribution in [0.1, 0.15) is 26.3 Å². The average molecular weight is 1050 g/mol. The van der Waals surface area contributed by atoms with Crippen molar-refractivity contribution >= 4 is 82.9 Å². The van der Waals surface area contributed by atoms with Crippen molar-refractivity contribution in [2.75, 3.05) is 4.90 Å². The minimum atomic E-state index is -0.442. The molecular formula is C75H45N5O2. The Balaban J connectivity index is 0.844. The molecule has 7 nitrogen and oxygen atoms in total. The molecule has 16 rings (SSSR count). The second kappa shape index (κ2) is 18.4. The van der Waals surface area contributed by atoms with Crippen molar-refractivity contribution in [1.82, 2.24) is 13.7 Å². The van der Waals surface area contributed by atoms with Gasteiger partial charge in [-0.15, -0.1) is 0 Å². The lowest BCUT2D eigenvalue weighted by Crippen LogP contribution is -2.30. The molecule has 2 amide bonds. The van der Waals surface area contributed by atoms with Gasteiger partial charge in [-0.25, -0.2) is 4.90 Å². The van der Waals surface area contributed by atoms with Crippen LogP contribution in [0.25, 0.3) is 127 Å². The van der Waals surface area contributed by atoms with E-state index >= 15 is 0 Å². The Bertz CT molecular complexity index is 4900. The summed E-state index contributed by atoms with van der Waals surface area (Å²) in [6.45, 7) is 0. The van der Waals surface area contributed by atoms with Crippen LogP contribution in [0.5, 0.6) is 0 Å². The number of imide groups is 1. The Kier molecular flexibility index (Phi) is 10.5. The zero-order valence-corrected chi connectivity index (χ0v) is 44.0. The maximum Gasteiger partial charge on any atom is 0.266 e. The van der Waals surface area contributed by atoms with E-state index in [0.29, 0.717) is 11.1 Å². The van der Waals surface area contributed by atoms with Crippen LogP contribution < -0.4 is 4.90 Å². The van der Waals surface area contributed by atoms with E-state index in [1.165, 1.54) is 33.0 Å². The Morgan fingerprint density at radius 1 is 0.268 bits per heavy atom. The summed E-state index contributed by atoms with van der Waals surface area (Å²) in [4.78, 5) is 28.6. The fourth-order valence-electron chi connectivity index (χ4n) is 12.7. The molecule has 0 radical (unpaired) electrons. The molecule has 382 valence electrons. The molecule has 1 aliphatic rings. The highest BCUT2D eigenvalue weighted by Gasteiger charge is 2.37. The topological polar surface area (TPSA) is 76.0 Å². The van der Waals surface area contributed by atoms with Crippen molar-refractivity contribution in [1.29, 1.82) is 5.26 Å². The van der Waals surface area contributed by atoms with Crippen molar-refractivity contribution in [2.45, 2.75) is 0 Å². The highest BCUT2D eigenvalue weighted by molar-refractivity contribution is 6.35. The third-order valence-electron chi connectivity index (χ3n) is 16.6. The van der Waals surface area contributed by atoms with Gasteiger partial charge in [0.2, 0.25) is 0 Å². The van der Waals surface area contributed by atoms with Gasteiger partial charge in [-0.05, 0) is 160 Å². The molecule has 7 heteroatoms. The van der Waals surface area contributed by atoms with E-state index in [1.807, 2.05) is 18.2 Å². The molecular weight excluding hydrogens is 1000 g/mol. The Morgan fingerprint density at radius 2 is 0.585 bits per heavy atom. The quantitative estimate of drug-likeness (QED) is 0.142. The maximum atomic E-state index is 13.7. The minimum absolute atomic E-state index is 0.217. The molecule has 4 heterocycles. The SMILES string of the molecule is N#Cc1cc(-n2c3ccc(-c4ccc5c(c4)c4ccccc4n5-c4ccc(-c5ccccc5)cc4)cc3c3cc(-c4ccc5c(c4)c4ccccc4n5-c4ccc(-c5ccccc5)cc4)ccc32)ccc1N1C(=O)c2ccccc2C1=O. The van der Waals surface area contributed by atoms with Crippen LogP contribution >= 0.6 is 0 Å². The maximum absolute atomic E-state index is 13.7. The molecule has 0 atom stereocenters. The van der Waals surface area contributed by atoms with Crippen LogP contribution in [0, 0.1) is 11.3 Å². The molecule has 0 spiro atoms. The molecule has 0 N–H and O–H groups in total. The fourth-order valence-corrected chi connectivity index (χ4v) is 12.7. The van der Waals surface area contributed by atoms with E-state index in [1.54, 1.807) is 36.4 Å². The van der Waals surface area contributed by atoms with Crippen LogP contribution in [-0.4, -0.2) is 25.5 Å². The third-order valence-corrected chi connectivity index (χ3v) is 16.6.